The van der Waals surface area contributed by atoms with Gasteiger partial charge in [0.25, 0.3) is 0 Å². The lowest BCUT2D eigenvalue weighted by Gasteiger charge is -2.47. The first-order valence-corrected chi connectivity index (χ1v) is 6.05. The maximum Gasteiger partial charge on any atom is 0.0776 e. The minimum atomic E-state index is -0.296. The molecule has 1 heterocycles. The third kappa shape index (κ3) is 2.71. The van der Waals surface area contributed by atoms with Crippen molar-refractivity contribution in [3.63, 3.8) is 0 Å². The van der Waals surface area contributed by atoms with Crippen molar-refractivity contribution in [3.8, 4) is 0 Å². The van der Waals surface area contributed by atoms with Crippen LogP contribution in [0.5, 0.6) is 0 Å². The molecule has 0 radical (unpaired) electrons. The Bertz CT molecular complexity index is 201. The third-order valence-corrected chi connectivity index (χ3v) is 3.82. The molecule has 3 heteroatoms. The number of ether oxygens (including phenoxy) is 2. The van der Waals surface area contributed by atoms with E-state index >= 15 is 0 Å². The number of aliphatic hydroxyl groups excluding tert-OH is 1. The average molecular weight is 214 g/mol. The van der Waals surface area contributed by atoms with Crippen molar-refractivity contribution in [2.75, 3.05) is 20.3 Å². The van der Waals surface area contributed by atoms with Gasteiger partial charge in [-0.3, -0.25) is 0 Å². The molecule has 2 fully saturated rings. The number of hydrogen-bond donors (Lipinski definition) is 1. The molecule has 2 aliphatic rings. The van der Waals surface area contributed by atoms with Crippen molar-refractivity contribution in [1.29, 1.82) is 0 Å². The summed E-state index contributed by atoms with van der Waals surface area (Å²) in [6.07, 6.45) is 6.59. The Balaban J connectivity index is 1.77. The Kier molecular flexibility index (Phi) is 3.65. The first-order valence-electron chi connectivity index (χ1n) is 6.05. The smallest absolute Gasteiger partial charge is 0.0776 e. The molecule has 0 aromatic rings. The molecule has 0 aromatic heterocycles. The van der Waals surface area contributed by atoms with Crippen molar-refractivity contribution in [1.82, 2.24) is 0 Å². The van der Waals surface area contributed by atoms with Gasteiger partial charge < -0.3 is 14.6 Å². The van der Waals surface area contributed by atoms with Gasteiger partial charge in [0, 0.05) is 13.7 Å². The SMILES string of the molecule is COCC(O)CC1CCOC2(CCC2)C1. The summed E-state index contributed by atoms with van der Waals surface area (Å²) < 4.78 is 10.8. The Morgan fingerprint density at radius 1 is 1.53 bits per heavy atom. The zero-order valence-corrected chi connectivity index (χ0v) is 9.58. The standard InChI is InChI=1S/C12H22O3/c1-14-9-11(13)7-10-3-6-15-12(8-10)4-2-5-12/h10-11,13H,2-9H2,1H3. The molecule has 88 valence electrons. The average Bonchev–Trinajstić information content (AvgIpc) is 2.16. The van der Waals surface area contributed by atoms with Crippen LogP contribution in [0.15, 0.2) is 0 Å². The number of methoxy groups -OCH3 is 1. The lowest BCUT2D eigenvalue weighted by Crippen LogP contribution is -2.46. The highest BCUT2D eigenvalue weighted by Crippen LogP contribution is 2.45. The summed E-state index contributed by atoms with van der Waals surface area (Å²) in [7, 11) is 1.64. The molecular weight excluding hydrogens is 192 g/mol. The highest BCUT2D eigenvalue weighted by atomic mass is 16.5. The second-order valence-corrected chi connectivity index (χ2v) is 5.09. The summed E-state index contributed by atoms with van der Waals surface area (Å²) >= 11 is 0. The minimum absolute atomic E-state index is 0.204. The second kappa shape index (κ2) is 4.81. The molecule has 0 amide bonds. The molecule has 2 rings (SSSR count). The molecule has 1 aliphatic heterocycles. The van der Waals surface area contributed by atoms with E-state index in [4.69, 9.17) is 9.47 Å². The van der Waals surface area contributed by atoms with Crippen molar-refractivity contribution < 1.29 is 14.6 Å². The topological polar surface area (TPSA) is 38.7 Å². The van der Waals surface area contributed by atoms with E-state index in [0.29, 0.717) is 12.5 Å². The third-order valence-electron chi connectivity index (χ3n) is 3.82. The largest absolute Gasteiger partial charge is 0.391 e. The fourth-order valence-corrected chi connectivity index (χ4v) is 2.90. The quantitative estimate of drug-likeness (QED) is 0.774. The number of rotatable bonds is 4. The van der Waals surface area contributed by atoms with Crippen LogP contribution in [0.4, 0.5) is 0 Å². The normalized spacial score (nSPS) is 31.2. The van der Waals surface area contributed by atoms with Crippen LogP contribution in [-0.4, -0.2) is 37.1 Å². The van der Waals surface area contributed by atoms with Crippen LogP contribution >= 0.6 is 0 Å². The summed E-state index contributed by atoms with van der Waals surface area (Å²) in [6.45, 7) is 1.34. The van der Waals surface area contributed by atoms with Gasteiger partial charge in [-0.15, -0.1) is 0 Å². The molecule has 1 spiro atoms. The number of aliphatic hydroxyl groups is 1. The summed E-state index contributed by atoms with van der Waals surface area (Å²) in [6, 6.07) is 0. The van der Waals surface area contributed by atoms with Crippen molar-refractivity contribution in [3.05, 3.63) is 0 Å². The Morgan fingerprint density at radius 3 is 2.93 bits per heavy atom. The summed E-state index contributed by atoms with van der Waals surface area (Å²) in [5.74, 6) is 0.629. The van der Waals surface area contributed by atoms with Gasteiger partial charge in [0.15, 0.2) is 0 Å². The molecule has 2 atom stereocenters. The van der Waals surface area contributed by atoms with E-state index in [1.807, 2.05) is 0 Å². The van der Waals surface area contributed by atoms with Crippen LogP contribution < -0.4 is 0 Å². The van der Waals surface area contributed by atoms with E-state index in [9.17, 15) is 5.11 Å². The molecule has 1 saturated carbocycles. The first-order chi connectivity index (χ1) is 7.24. The molecule has 0 bridgehead atoms. The molecule has 0 aromatic carbocycles. The van der Waals surface area contributed by atoms with E-state index in [2.05, 4.69) is 0 Å². The fourth-order valence-electron chi connectivity index (χ4n) is 2.90. The van der Waals surface area contributed by atoms with E-state index in [1.54, 1.807) is 7.11 Å². The molecular formula is C12H22O3. The van der Waals surface area contributed by atoms with Gasteiger partial charge in [0.2, 0.25) is 0 Å². The van der Waals surface area contributed by atoms with E-state index in [0.717, 1.165) is 25.9 Å². The van der Waals surface area contributed by atoms with Gasteiger partial charge in [-0.25, -0.2) is 0 Å². The molecule has 15 heavy (non-hydrogen) atoms. The fraction of sp³-hybridized carbons (Fsp3) is 1.00. The minimum Gasteiger partial charge on any atom is -0.391 e. The highest BCUT2D eigenvalue weighted by molar-refractivity contribution is 4.94. The van der Waals surface area contributed by atoms with Gasteiger partial charge in [0.05, 0.1) is 18.3 Å². The van der Waals surface area contributed by atoms with E-state index in [-0.39, 0.29) is 11.7 Å². The zero-order valence-electron chi connectivity index (χ0n) is 9.58. The van der Waals surface area contributed by atoms with Crippen molar-refractivity contribution >= 4 is 0 Å². The molecule has 1 N–H and O–H groups in total. The monoisotopic (exact) mass is 214 g/mol. The zero-order chi connectivity index (χ0) is 10.7. The van der Waals surface area contributed by atoms with E-state index < -0.39 is 0 Å². The molecule has 1 aliphatic carbocycles. The number of hydrogen-bond acceptors (Lipinski definition) is 3. The van der Waals surface area contributed by atoms with Gasteiger partial charge in [-0.1, -0.05) is 0 Å². The second-order valence-electron chi connectivity index (χ2n) is 5.09. The van der Waals surface area contributed by atoms with Gasteiger partial charge in [-0.05, 0) is 44.4 Å². The van der Waals surface area contributed by atoms with Gasteiger partial charge >= 0.3 is 0 Å². The Hall–Kier alpha value is -0.120. The summed E-state index contributed by atoms with van der Waals surface area (Å²) in [5.41, 5.74) is 0.204. The lowest BCUT2D eigenvalue weighted by molar-refractivity contribution is -0.147. The molecule has 3 nitrogen and oxygen atoms in total. The van der Waals surface area contributed by atoms with Gasteiger partial charge in [-0.2, -0.15) is 0 Å². The van der Waals surface area contributed by atoms with Crippen LogP contribution in [0.25, 0.3) is 0 Å². The molecule has 2 unspecified atom stereocenters. The van der Waals surface area contributed by atoms with Gasteiger partial charge in [0.1, 0.15) is 0 Å². The maximum absolute atomic E-state index is 9.70. The first kappa shape index (κ1) is 11.4. The van der Waals surface area contributed by atoms with Crippen LogP contribution in [0.1, 0.15) is 38.5 Å². The van der Waals surface area contributed by atoms with Crippen molar-refractivity contribution in [2.45, 2.75) is 50.2 Å². The highest BCUT2D eigenvalue weighted by Gasteiger charge is 2.42. The van der Waals surface area contributed by atoms with Crippen molar-refractivity contribution in [2.24, 2.45) is 5.92 Å². The summed E-state index contributed by atoms with van der Waals surface area (Å²) in [5, 5.41) is 9.70. The lowest BCUT2D eigenvalue weighted by atomic mass is 9.71. The van der Waals surface area contributed by atoms with Crippen LogP contribution in [0, 0.1) is 5.92 Å². The van der Waals surface area contributed by atoms with E-state index in [1.165, 1.54) is 19.3 Å². The summed E-state index contributed by atoms with van der Waals surface area (Å²) in [4.78, 5) is 0. The Labute approximate surface area is 91.8 Å². The van der Waals surface area contributed by atoms with Crippen LogP contribution in [-0.2, 0) is 9.47 Å². The van der Waals surface area contributed by atoms with Crippen LogP contribution in [0.3, 0.4) is 0 Å². The van der Waals surface area contributed by atoms with Crippen LogP contribution in [0.2, 0.25) is 0 Å². The predicted octanol–water partition coefficient (Wildman–Crippen LogP) is 1.73. The maximum atomic E-state index is 9.70. The predicted molar refractivity (Wildman–Crippen MR) is 57.8 cm³/mol. The Morgan fingerprint density at radius 2 is 2.33 bits per heavy atom. The molecule has 1 saturated heterocycles.